The van der Waals surface area contributed by atoms with Crippen LogP contribution in [0.5, 0.6) is 0 Å². The molecule has 5 nitrogen and oxygen atoms in total. The molecule has 2 rings (SSSR count). The Morgan fingerprint density at radius 1 is 1.08 bits per heavy atom. The van der Waals surface area contributed by atoms with Crippen molar-refractivity contribution in [3.8, 4) is 0 Å². The molecule has 0 fully saturated rings. The predicted octanol–water partition coefficient (Wildman–Crippen LogP) is 3.84. The quantitative estimate of drug-likeness (QED) is 0.775. The van der Waals surface area contributed by atoms with Gasteiger partial charge in [-0.15, -0.1) is 0 Å². The van der Waals surface area contributed by atoms with E-state index in [1.54, 1.807) is 42.5 Å². The number of rotatable bonds is 7. The van der Waals surface area contributed by atoms with Gasteiger partial charge in [0.1, 0.15) is 6.54 Å². The summed E-state index contributed by atoms with van der Waals surface area (Å²) >= 11 is 5.91. The zero-order chi connectivity index (χ0) is 19.4. The molecule has 0 heterocycles. The van der Waals surface area contributed by atoms with E-state index >= 15 is 0 Å². The molecule has 0 bridgehead atoms. The van der Waals surface area contributed by atoms with Gasteiger partial charge in [-0.3, -0.25) is 9.10 Å². The first-order chi connectivity index (χ1) is 12.2. The minimum Gasteiger partial charge on any atom is -0.350 e. The standard InChI is InChI=1S/C19H23ClN2O3S/c1-4-19(2,3)21-18(23)14-22(16-12-10-15(20)11-13-16)26(24,25)17-8-6-5-7-9-17/h5-13H,4,14H2,1-3H3,(H,21,23). The molecule has 0 unspecified atom stereocenters. The second kappa shape index (κ2) is 8.10. The molecular weight excluding hydrogens is 372 g/mol. The van der Waals surface area contributed by atoms with Crippen LogP contribution in [-0.2, 0) is 14.8 Å². The summed E-state index contributed by atoms with van der Waals surface area (Å²) < 4.78 is 27.3. The van der Waals surface area contributed by atoms with E-state index in [0.29, 0.717) is 10.7 Å². The Kier molecular flexibility index (Phi) is 6.31. The van der Waals surface area contributed by atoms with Crippen LogP contribution in [-0.4, -0.2) is 26.4 Å². The fourth-order valence-corrected chi connectivity index (χ4v) is 3.85. The third-order valence-corrected chi connectivity index (χ3v) is 6.13. The van der Waals surface area contributed by atoms with Crippen LogP contribution in [0, 0.1) is 0 Å². The number of halogens is 1. The van der Waals surface area contributed by atoms with Gasteiger partial charge in [0.25, 0.3) is 10.0 Å². The number of benzene rings is 2. The van der Waals surface area contributed by atoms with Crippen LogP contribution in [0.25, 0.3) is 0 Å². The number of anilines is 1. The lowest BCUT2D eigenvalue weighted by Gasteiger charge is -2.28. The number of hydrogen-bond donors (Lipinski definition) is 1. The first-order valence-corrected chi connectivity index (χ1v) is 10.1. The van der Waals surface area contributed by atoms with Crippen molar-refractivity contribution in [1.82, 2.24) is 5.32 Å². The lowest BCUT2D eigenvalue weighted by atomic mass is 10.0. The molecule has 0 saturated carbocycles. The van der Waals surface area contributed by atoms with Crippen molar-refractivity contribution >= 4 is 33.2 Å². The Bertz CT molecular complexity index is 850. The Morgan fingerprint density at radius 2 is 1.65 bits per heavy atom. The van der Waals surface area contributed by atoms with Crippen LogP contribution >= 0.6 is 11.6 Å². The largest absolute Gasteiger partial charge is 0.350 e. The number of hydrogen-bond acceptors (Lipinski definition) is 3. The maximum atomic E-state index is 13.1. The highest BCUT2D eigenvalue weighted by Gasteiger charge is 2.28. The molecular formula is C19H23ClN2O3S. The van der Waals surface area contributed by atoms with Crippen molar-refractivity contribution < 1.29 is 13.2 Å². The zero-order valence-corrected chi connectivity index (χ0v) is 16.6. The molecule has 0 aromatic heterocycles. The highest BCUT2D eigenvalue weighted by molar-refractivity contribution is 7.92. The maximum Gasteiger partial charge on any atom is 0.264 e. The second-order valence-corrected chi connectivity index (χ2v) is 8.89. The average Bonchev–Trinajstić information content (AvgIpc) is 2.61. The van der Waals surface area contributed by atoms with Gasteiger partial charge in [0.05, 0.1) is 10.6 Å². The van der Waals surface area contributed by atoms with Gasteiger partial charge in [-0.2, -0.15) is 0 Å². The number of nitrogens with zero attached hydrogens (tertiary/aromatic N) is 1. The van der Waals surface area contributed by atoms with Gasteiger partial charge < -0.3 is 5.32 Å². The summed E-state index contributed by atoms with van der Waals surface area (Å²) in [5, 5.41) is 3.36. The molecule has 0 atom stereocenters. The van der Waals surface area contributed by atoms with Crippen LogP contribution in [0.4, 0.5) is 5.69 Å². The smallest absolute Gasteiger partial charge is 0.264 e. The molecule has 0 aliphatic carbocycles. The van der Waals surface area contributed by atoms with Gasteiger partial charge in [-0.05, 0) is 56.7 Å². The van der Waals surface area contributed by atoms with Gasteiger partial charge in [0.15, 0.2) is 0 Å². The van der Waals surface area contributed by atoms with Crippen LogP contribution < -0.4 is 9.62 Å². The predicted molar refractivity (Wildman–Crippen MR) is 105 cm³/mol. The average molecular weight is 395 g/mol. The molecule has 1 amide bonds. The van der Waals surface area contributed by atoms with Crippen molar-refractivity contribution in [1.29, 1.82) is 0 Å². The summed E-state index contributed by atoms with van der Waals surface area (Å²) in [5.74, 6) is -0.369. The van der Waals surface area contributed by atoms with Crippen molar-refractivity contribution in [2.75, 3.05) is 10.8 Å². The Hall–Kier alpha value is -2.05. The molecule has 0 aliphatic rings. The Balaban J connectivity index is 2.40. The molecule has 2 aromatic rings. The third-order valence-electron chi connectivity index (χ3n) is 4.09. The van der Waals surface area contributed by atoms with E-state index in [9.17, 15) is 13.2 Å². The minimum atomic E-state index is -3.89. The van der Waals surface area contributed by atoms with Crippen LogP contribution in [0.2, 0.25) is 5.02 Å². The van der Waals surface area contributed by atoms with Gasteiger partial charge in [0.2, 0.25) is 5.91 Å². The molecule has 0 radical (unpaired) electrons. The molecule has 0 spiro atoms. The van der Waals surface area contributed by atoms with Crippen LogP contribution in [0.3, 0.4) is 0 Å². The molecule has 26 heavy (non-hydrogen) atoms. The topological polar surface area (TPSA) is 66.5 Å². The number of nitrogens with one attached hydrogen (secondary N) is 1. The van der Waals surface area contributed by atoms with Gasteiger partial charge >= 0.3 is 0 Å². The van der Waals surface area contributed by atoms with Crippen molar-refractivity contribution in [3.05, 3.63) is 59.6 Å². The molecule has 2 aromatic carbocycles. The van der Waals surface area contributed by atoms with Crippen LogP contribution in [0.15, 0.2) is 59.5 Å². The summed E-state index contributed by atoms with van der Waals surface area (Å²) in [6.45, 7) is 5.42. The van der Waals surface area contributed by atoms with Crippen molar-refractivity contribution in [2.24, 2.45) is 0 Å². The highest BCUT2D eigenvalue weighted by atomic mass is 35.5. The lowest BCUT2D eigenvalue weighted by molar-refractivity contribution is -0.121. The van der Waals surface area contributed by atoms with E-state index in [-0.39, 0.29) is 17.3 Å². The summed E-state index contributed by atoms with van der Waals surface area (Å²) in [6, 6.07) is 14.4. The second-order valence-electron chi connectivity index (χ2n) is 6.59. The van der Waals surface area contributed by atoms with E-state index in [1.807, 2.05) is 20.8 Å². The van der Waals surface area contributed by atoms with Crippen molar-refractivity contribution in [3.63, 3.8) is 0 Å². The summed E-state index contributed by atoms with van der Waals surface area (Å²) in [7, 11) is -3.89. The summed E-state index contributed by atoms with van der Waals surface area (Å²) in [5.41, 5.74) is -0.0399. The van der Waals surface area contributed by atoms with Gasteiger partial charge in [-0.25, -0.2) is 8.42 Å². The van der Waals surface area contributed by atoms with E-state index < -0.39 is 15.6 Å². The first-order valence-electron chi connectivity index (χ1n) is 8.30. The zero-order valence-electron chi connectivity index (χ0n) is 15.1. The monoisotopic (exact) mass is 394 g/mol. The van der Waals surface area contributed by atoms with E-state index in [4.69, 9.17) is 11.6 Å². The van der Waals surface area contributed by atoms with Crippen molar-refractivity contribution in [2.45, 2.75) is 37.6 Å². The molecule has 7 heteroatoms. The van der Waals surface area contributed by atoms with E-state index in [0.717, 1.165) is 10.7 Å². The third kappa shape index (κ3) is 4.99. The van der Waals surface area contributed by atoms with E-state index in [1.165, 1.54) is 12.1 Å². The first kappa shape index (κ1) is 20.3. The number of sulfonamides is 1. The molecule has 1 N–H and O–H groups in total. The summed E-state index contributed by atoms with van der Waals surface area (Å²) in [4.78, 5) is 12.6. The Morgan fingerprint density at radius 3 is 2.19 bits per heavy atom. The SMILES string of the molecule is CCC(C)(C)NC(=O)CN(c1ccc(Cl)cc1)S(=O)(=O)c1ccccc1. The lowest BCUT2D eigenvalue weighted by Crippen LogP contribution is -2.48. The fourth-order valence-electron chi connectivity index (χ4n) is 2.28. The molecule has 0 aliphatic heterocycles. The van der Waals surface area contributed by atoms with Gasteiger partial charge in [-0.1, -0.05) is 36.7 Å². The minimum absolute atomic E-state index is 0.123. The summed E-state index contributed by atoms with van der Waals surface area (Å²) in [6.07, 6.45) is 0.727. The van der Waals surface area contributed by atoms with E-state index in [2.05, 4.69) is 5.32 Å². The maximum absolute atomic E-state index is 13.1. The highest BCUT2D eigenvalue weighted by Crippen LogP contribution is 2.25. The Labute approximate surface area is 160 Å². The number of carbonyl (C=O) groups is 1. The van der Waals surface area contributed by atoms with Crippen LogP contribution in [0.1, 0.15) is 27.2 Å². The normalized spacial score (nSPS) is 11.8. The number of amides is 1. The molecule has 140 valence electrons. The molecule has 0 saturated heterocycles. The number of carbonyl (C=O) groups excluding carboxylic acids is 1. The fraction of sp³-hybridized carbons (Fsp3) is 0.316. The van der Waals surface area contributed by atoms with Gasteiger partial charge in [0, 0.05) is 10.6 Å².